The Morgan fingerprint density at radius 1 is 0.969 bits per heavy atom. The third-order valence-corrected chi connectivity index (χ3v) is 7.40. The van der Waals surface area contributed by atoms with Gasteiger partial charge in [0.05, 0.1) is 12.1 Å². The van der Waals surface area contributed by atoms with Gasteiger partial charge in [0.1, 0.15) is 6.04 Å². The molecule has 1 unspecified atom stereocenters. The summed E-state index contributed by atoms with van der Waals surface area (Å²) in [6.45, 7) is 12.7. The van der Waals surface area contributed by atoms with Gasteiger partial charge in [0.25, 0.3) is 0 Å². The number of rotatable bonds is 9. The number of carbonyl (C=O) groups excluding carboxylic acids is 3. The minimum atomic E-state index is -0.502. The van der Waals surface area contributed by atoms with Crippen molar-refractivity contribution in [2.24, 2.45) is 11.8 Å². The SMILES string of the molecule is CC(=O)/C(C)=C/[C@H](C(C)C)N(C)C(=O)[C@H](NC(=O)C1CCCCN1C(C)C)C1CCCC1. The predicted octanol–water partition coefficient (Wildman–Crippen LogP) is 3.94. The van der Waals surface area contributed by atoms with Crippen molar-refractivity contribution >= 4 is 17.6 Å². The molecular formula is C26H45N3O3. The molecule has 0 aromatic rings. The number of nitrogens with one attached hydrogen (secondary N) is 1. The summed E-state index contributed by atoms with van der Waals surface area (Å²) in [6, 6.07) is -0.543. The molecule has 0 spiro atoms. The lowest BCUT2D eigenvalue weighted by molar-refractivity contribution is -0.140. The fraction of sp³-hybridized carbons (Fsp3) is 0.808. The van der Waals surface area contributed by atoms with Gasteiger partial charge in [0.15, 0.2) is 5.78 Å². The van der Waals surface area contributed by atoms with E-state index < -0.39 is 6.04 Å². The Morgan fingerprint density at radius 3 is 2.09 bits per heavy atom. The second kappa shape index (κ2) is 12.0. The first kappa shape index (κ1) is 26.6. The molecule has 0 radical (unpaired) electrons. The van der Waals surface area contributed by atoms with Crippen LogP contribution in [-0.2, 0) is 14.4 Å². The molecule has 32 heavy (non-hydrogen) atoms. The highest BCUT2D eigenvalue weighted by Gasteiger charge is 2.38. The average Bonchev–Trinajstić information content (AvgIpc) is 3.28. The molecule has 2 fully saturated rings. The molecule has 1 heterocycles. The largest absolute Gasteiger partial charge is 0.343 e. The normalized spacial score (nSPS) is 22.8. The third-order valence-electron chi connectivity index (χ3n) is 7.40. The molecule has 1 aliphatic carbocycles. The summed E-state index contributed by atoms with van der Waals surface area (Å²) in [5.41, 5.74) is 0.666. The van der Waals surface area contributed by atoms with Gasteiger partial charge in [0, 0.05) is 13.1 Å². The summed E-state index contributed by atoms with van der Waals surface area (Å²) in [4.78, 5) is 43.0. The second-order valence-electron chi connectivity index (χ2n) is 10.5. The fourth-order valence-electron chi connectivity index (χ4n) is 5.27. The Hall–Kier alpha value is -1.69. The maximum atomic E-state index is 13.7. The smallest absolute Gasteiger partial charge is 0.245 e. The van der Waals surface area contributed by atoms with E-state index in [1.807, 2.05) is 13.1 Å². The topological polar surface area (TPSA) is 69.7 Å². The lowest BCUT2D eigenvalue weighted by atomic mass is 9.93. The molecule has 6 heteroatoms. The highest BCUT2D eigenvalue weighted by molar-refractivity contribution is 5.93. The number of hydrogen-bond donors (Lipinski definition) is 1. The first-order valence-corrected chi connectivity index (χ1v) is 12.6. The van der Waals surface area contributed by atoms with Gasteiger partial charge in [-0.25, -0.2) is 0 Å². The summed E-state index contributed by atoms with van der Waals surface area (Å²) in [5.74, 6) is 0.309. The number of ketones is 1. The summed E-state index contributed by atoms with van der Waals surface area (Å²) in [6.07, 6.45) is 9.07. The molecule has 2 amide bonds. The Morgan fingerprint density at radius 2 is 1.56 bits per heavy atom. The summed E-state index contributed by atoms with van der Waals surface area (Å²) < 4.78 is 0. The van der Waals surface area contributed by atoms with Gasteiger partial charge < -0.3 is 10.2 Å². The molecule has 2 aliphatic rings. The van der Waals surface area contributed by atoms with E-state index in [1.54, 1.807) is 18.7 Å². The number of likely N-dealkylation sites (tertiary alicyclic amines) is 1. The van der Waals surface area contributed by atoms with Gasteiger partial charge >= 0.3 is 0 Å². The van der Waals surface area contributed by atoms with Gasteiger partial charge in [-0.2, -0.15) is 0 Å². The number of carbonyl (C=O) groups is 3. The van der Waals surface area contributed by atoms with Crippen LogP contribution in [-0.4, -0.2) is 65.2 Å². The number of amides is 2. The maximum absolute atomic E-state index is 13.7. The van der Waals surface area contributed by atoms with Crippen molar-refractivity contribution in [1.29, 1.82) is 0 Å². The van der Waals surface area contributed by atoms with Crippen LogP contribution in [0.15, 0.2) is 11.6 Å². The van der Waals surface area contributed by atoms with E-state index in [4.69, 9.17) is 0 Å². The van der Waals surface area contributed by atoms with E-state index in [-0.39, 0.29) is 41.5 Å². The number of nitrogens with zero attached hydrogens (tertiary/aromatic N) is 2. The number of Topliss-reactive ketones (excluding diaryl/α,β-unsaturated/α-hetero) is 1. The van der Waals surface area contributed by atoms with Crippen molar-refractivity contribution in [2.45, 2.75) is 111 Å². The highest BCUT2D eigenvalue weighted by atomic mass is 16.2. The van der Waals surface area contributed by atoms with E-state index in [2.05, 4.69) is 37.9 Å². The van der Waals surface area contributed by atoms with Crippen LogP contribution in [0.4, 0.5) is 0 Å². The minimum Gasteiger partial charge on any atom is -0.343 e. The monoisotopic (exact) mass is 447 g/mol. The standard InChI is InChI=1S/C26H45N3O3/c1-17(2)23(16-19(5)20(6)30)28(7)26(32)24(21-12-8-9-13-21)27-25(31)22-14-10-11-15-29(22)18(3)4/h16-18,21-24H,8-15H2,1-7H3,(H,27,31)/b19-16+/t22?,23-,24-/m1/s1. The van der Waals surface area contributed by atoms with E-state index in [0.717, 1.165) is 51.5 Å². The highest BCUT2D eigenvalue weighted by Crippen LogP contribution is 2.30. The molecule has 2 rings (SSSR count). The number of piperidine rings is 1. The number of hydrogen-bond acceptors (Lipinski definition) is 4. The van der Waals surface area contributed by atoms with Gasteiger partial charge in [-0.05, 0) is 77.3 Å². The minimum absolute atomic E-state index is 0.00592. The van der Waals surface area contributed by atoms with Crippen LogP contribution in [0.5, 0.6) is 0 Å². The van der Waals surface area contributed by atoms with Crippen LogP contribution in [0.2, 0.25) is 0 Å². The Labute approximate surface area is 195 Å². The van der Waals surface area contributed by atoms with Crippen LogP contribution in [0.25, 0.3) is 0 Å². The van der Waals surface area contributed by atoms with Crippen molar-refractivity contribution in [3.05, 3.63) is 11.6 Å². The van der Waals surface area contributed by atoms with E-state index in [0.29, 0.717) is 11.6 Å². The molecule has 1 aliphatic heterocycles. The molecule has 0 bridgehead atoms. The summed E-state index contributed by atoms with van der Waals surface area (Å²) in [7, 11) is 1.81. The molecule has 0 aromatic heterocycles. The molecule has 6 nitrogen and oxygen atoms in total. The molecule has 3 atom stereocenters. The lowest BCUT2D eigenvalue weighted by Crippen LogP contribution is -2.59. The first-order chi connectivity index (χ1) is 15.0. The van der Waals surface area contributed by atoms with Crippen molar-refractivity contribution in [2.75, 3.05) is 13.6 Å². The van der Waals surface area contributed by atoms with Crippen molar-refractivity contribution < 1.29 is 14.4 Å². The maximum Gasteiger partial charge on any atom is 0.245 e. The van der Waals surface area contributed by atoms with Crippen LogP contribution >= 0.6 is 0 Å². The van der Waals surface area contributed by atoms with Gasteiger partial charge in [-0.15, -0.1) is 0 Å². The van der Waals surface area contributed by atoms with Gasteiger partial charge in [-0.1, -0.05) is 39.2 Å². The number of allylic oxidation sites excluding steroid dienone is 1. The van der Waals surface area contributed by atoms with Crippen LogP contribution in [0.1, 0.15) is 86.5 Å². The predicted molar refractivity (Wildman–Crippen MR) is 129 cm³/mol. The van der Waals surface area contributed by atoms with Crippen molar-refractivity contribution in [1.82, 2.24) is 15.1 Å². The van der Waals surface area contributed by atoms with E-state index in [9.17, 15) is 14.4 Å². The first-order valence-electron chi connectivity index (χ1n) is 12.6. The molecule has 0 aromatic carbocycles. The molecule has 1 N–H and O–H groups in total. The third kappa shape index (κ3) is 6.66. The molecule has 1 saturated carbocycles. The van der Waals surface area contributed by atoms with Crippen LogP contribution in [0.3, 0.4) is 0 Å². The Bertz CT molecular complexity index is 694. The lowest BCUT2D eigenvalue weighted by Gasteiger charge is -2.39. The number of likely N-dealkylation sites (N-methyl/N-ethyl adjacent to an activating group) is 1. The Kier molecular flexibility index (Phi) is 9.93. The van der Waals surface area contributed by atoms with Crippen LogP contribution in [0, 0.1) is 11.8 Å². The van der Waals surface area contributed by atoms with Gasteiger partial charge in [0.2, 0.25) is 11.8 Å². The van der Waals surface area contributed by atoms with E-state index >= 15 is 0 Å². The zero-order chi connectivity index (χ0) is 24.0. The summed E-state index contributed by atoms with van der Waals surface area (Å²) in [5, 5.41) is 3.20. The fourth-order valence-corrected chi connectivity index (χ4v) is 5.27. The van der Waals surface area contributed by atoms with Gasteiger partial charge in [-0.3, -0.25) is 19.3 Å². The molecule has 182 valence electrons. The zero-order valence-electron chi connectivity index (χ0n) is 21.3. The molecule has 1 saturated heterocycles. The van der Waals surface area contributed by atoms with Crippen molar-refractivity contribution in [3.8, 4) is 0 Å². The average molecular weight is 448 g/mol. The second-order valence-corrected chi connectivity index (χ2v) is 10.5. The Balaban J connectivity index is 2.25. The quantitative estimate of drug-likeness (QED) is 0.544. The summed E-state index contributed by atoms with van der Waals surface area (Å²) >= 11 is 0. The van der Waals surface area contributed by atoms with Crippen LogP contribution < -0.4 is 5.32 Å². The molecular weight excluding hydrogens is 402 g/mol. The van der Waals surface area contributed by atoms with Crippen molar-refractivity contribution in [3.63, 3.8) is 0 Å². The van der Waals surface area contributed by atoms with E-state index in [1.165, 1.54) is 0 Å². The zero-order valence-corrected chi connectivity index (χ0v) is 21.3.